The molecule has 0 spiro atoms. The number of likely N-dealkylation sites (tertiary alicyclic amines) is 1. The van der Waals surface area contributed by atoms with Gasteiger partial charge in [0.25, 0.3) is 0 Å². The molecule has 3 amide bonds. The number of H-pyrrole nitrogens is 1. The molecule has 0 saturated carbocycles. The summed E-state index contributed by atoms with van der Waals surface area (Å²) in [5.74, 6) is -1.13. The number of hydrogen-bond acceptors (Lipinski definition) is 6. The van der Waals surface area contributed by atoms with Gasteiger partial charge in [-0.15, -0.1) is 0 Å². The van der Waals surface area contributed by atoms with Gasteiger partial charge in [-0.2, -0.15) is 5.10 Å². The van der Waals surface area contributed by atoms with Crippen molar-refractivity contribution < 1.29 is 19.1 Å². The third kappa shape index (κ3) is 6.59. The van der Waals surface area contributed by atoms with Crippen molar-refractivity contribution in [3.8, 4) is 0 Å². The maximum atomic E-state index is 13.2. The number of piperidine rings is 1. The first-order valence-electron chi connectivity index (χ1n) is 11.9. The average molecular weight is 495 g/mol. The molecule has 0 radical (unpaired) electrons. The van der Waals surface area contributed by atoms with Crippen LogP contribution in [0.3, 0.4) is 0 Å². The normalized spacial score (nSPS) is 17.3. The van der Waals surface area contributed by atoms with Crippen LogP contribution in [0.1, 0.15) is 65.5 Å². The Balaban J connectivity index is 1.73. The molecule has 0 unspecified atom stereocenters. The van der Waals surface area contributed by atoms with Gasteiger partial charge in [-0.25, -0.2) is 9.79 Å². The van der Waals surface area contributed by atoms with Gasteiger partial charge >= 0.3 is 17.9 Å². The number of ether oxygens (including phenoxy) is 1. The summed E-state index contributed by atoms with van der Waals surface area (Å²) in [6, 6.07) is 5.62. The average Bonchev–Trinajstić information content (AvgIpc) is 3.29. The zero-order valence-corrected chi connectivity index (χ0v) is 21.5. The predicted molar refractivity (Wildman–Crippen MR) is 138 cm³/mol. The van der Waals surface area contributed by atoms with Crippen LogP contribution < -0.4 is 10.6 Å². The number of fused-ring (bicyclic) bond motifs is 1. The quantitative estimate of drug-likeness (QED) is 0.328. The fraction of sp³-hybridized carbons (Fsp3) is 0.423. The molecule has 1 aromatic carbocycles. The summed E-state index contributed by atoms with van der Waals surface area (Å²) in [4.78, 5) is 43.6. The van der Waals surface area contributed by atoms with Gasteiger partial charge in [0.2, 0.25) is 0 Å². The van der Waals surface area contributed by atoms with Gasteiger partial charge in [0.15, 0.2) is 0 Å². The molecular weight excluding hydrogens is 460 g/mol. The van der Waals surface area contributed by atoms with Crippen LogP contribution in [0, 0.1) is 0 Å². The number of benzene rings is 1. The first-order chi connectivity index (χ1) is 17.0. The van der Waals surface area contributed by atoms with Crippen LogP contribution in [-0.4, -0.2) is 51.9 Å². The molecule has 10 heteroatoms. The van der Waals surface area contributed by atoms with E-state index in [9.17, 15) is 14.4 Å². The van der Waals surface area contributed by atoms with Crippen molar-refractivity contribution >= 4 is 35.5 Å². The standard InChI is InChI=1S/C26H34N6O4/c1-16(22(27-6)30-25(35)36-26(3,4)5)14-17(2)29-23(33)24(34)32-13-8-7-12-21(32)18-10-9-11-20-19(18)15-28-31-20/h9-11,14-15,21H,6-8,12-13H2,1-5H3,(H,28,31)(H,29,33)(H,30,35)/b17-14+,22-16+/t21-/m0/s1. The minimum Gasteiger partial charge on any atom is -0.444 e. The minimum atomic E-state index is -0.726. The fourth-order valence-corrected chi connectivity index (χ4v) is 4.23. The molecule has 1 atom stereocenters. The lowest BCUT2D eigenvalue weighted by Gasteiger charge is -2.35. The second-order valence-corrected chi connectivity index (χ2v) is 9.79. The van der Waals surface area contributed by atoms with E-state index in [0.29, 0.717) is 17.8 Å². The smallest absolute Gasteiger partial charge is 0.413 e. The predicted octanol–water partition coefficient (Wildman–Crippen LogP) is 4.09. The van der Waals surface area contributed by atoms with Crippen LogP contribution >= 0.6 is 0 Å². The number of nitrogens with one attached hydrogen (secondary N) is 3. The van der Waals surface area contributed by atoms with Crippen LogP contribution in [0.15, 0.2) is 52.6 Å². The van der Waals surface area contributed by atoms with Gasteiger partial charge in [0, 0.05) is 17.6 Å². The topological polar surface area (TPSA) is 129 Å². The van der Waals surface area contributed by atoms with Crippen molar-refractivity contribution in [1.82, 2.24) is 25.7 Å². The maximum Gasteiger partial charge on any atom is 0.413 e. The largest absolute Gasteiger partial charge is 0.444 e. The zero-order valence-electron chi connectivity index (χ0n) is 21.5. The molecule has 0 bridgehead atoms. The van der Waals surface area contributed by atoms with E-state index in [1.54, 1.807) is 51.8 Å². The molecule has 1 fully saturated rings. The number of alkyl carbamates (subject to hydrolysis) is 1. The van der Waals surface area contributed by atoms with E-state index in [0.717, 1.165) is 35.7 Å². The molecule has 2 heterocycles. The van der Waals surface area contributed by atoms with Gasteiger partial charge in [-0.1, -0.05) is 12.1 Å². The van der Waals surface area contributed by atoms with Crippen LogP contribution in [0.5, 0.6) is 0 Å². The van der Waals surface area contributed by atoms with Crippen LogP contribution in [0.25, 0.3) is 10.9 Å². The summed E-state index contributed by atoms with van der Waals surface area (Å²) in [5.41, 5.74) is 2.15. The number of rotatable bonds is 5. The van der Waals surface area contributed by atoms with Gasteiger partial charge in [-0.3, -0.25) is 20.0 Å². The zero-order chi connectivity index (χ0) is 26.5. The van der Waals surface area contributed by atoms with E-state index in [1.807, 2.05) is 18.2 Å². The summed E-state index contributed by atoms with van der Waals surface area (Å²) < 4.78 is 5.24. The highest BCUT2D eigenvalue weighted by Gasteiger charge is 2.32. The molecule has 36 heavy (non-hydrogen) atoms. The molecule has 192 valence electrons. The van der Waals surface area contributed by atoms with Crippen LogP contribution in [0.4, 0.5) is 4.79 Å². The molecule has 3 rings (SSSR count). The van der Waals surface area contributed by atoms with E-state index < -0.39 is 23.5 Å². The Morgan fingerprint density at radius 2 is 1.97 bits per heavy atom. The number of carbonyl (C=O) groups is 3. The first kappa shape index (κ1) is 26.7. The fourth-order valence-electron chi connectivity index (χ4n) is 4.23. The molecule has 1 aromatic heterocycles. The Morgan fingerprint density at radius 3 is 2.67 bits per heavy atom. The van der Waals surface area contributed by atoms with Crippen molar-refractivity contribution in [2.75, 3.05) is 6.54 Å². The van der Waals surface area contributed by atoms with Gasteiger partial charge < -0.3 is 15.0 Å². The second-order valence-electron chi connectivity index (χ2n) is 9.79. The molecular formula is C26H34N6O4. The number of aromatic amines is 1. The molecule has 0 aliphatic carbocycles. The molecule has 3 N–H and O–H groups in total. The Labute approximate surface area is 210 Å². The Bertz CT molecular complexity index is 1220. The van der Waals surface area contributed by atoms with Gasteiger partial charge in [0.1, 0.15) is 11.4 Å². The van der Waals surface area contributed by atoms with Crippen molar-refractivity contribution in [3.63, 3.8) is 0 Å². The highest BCUT2D eigenvalue weighted by molar-refractivity contribution is 6.35. The summed E-state index contributed by atoms with van der Waals surface area (Å²) in [5, 5.41) is 13.2. The third-order valence-corrected chi connectivity index (χ3v) is 5.73. The van der Waals surface area contributed by atoms with Crippen LogP contribution in [-0.2, 0) is 14.3 Å². The van der Waals surface area contributed by atoms with Crippen molar-refractivity contribution in [3.05, 3.63) is 53.1 Å². The van der Waals surface area contributed by atoms with E-state index in [-0.39, 0.29) is 11.9 Å². The van der Waals surface area contributed by atoms with Crippen molar-refractivity contribution in [2.45, 2.75) is 65.5 Å². The van der Waals surface area contributed by atoms with Crippen molar-refractivity contribution in [1.29, 1.82) is 0 Å². The highest BCUT2D eigenvalue weighted by Crippen LogP contribution is 2.34. The van der Waals surface area contributed by atoms with Gasteiger partial charge in [0.05, 0.1) is 17.8 Å². The number of aliphatic imine (C=N–C) groups is 1. The first-order valence-corrected chi connectivity index (χ1v) is 11.9. The second kappa shape index (κ2) is 11.2. The van der Waals surface area contributed by atoms with E-state index in [4.69, 9.17) is 4.74 Å². The van der Waals surface area contributed by atoms with Crippen molar-refractivity contribution in [2.24, 2.45) is 4.99 Å². The lowest BCUT2D eigenvalue weighted by atomic mass is 9.93. The van der Waals surface area contributed by atoms with Crippen LogP contribution in [0.2, 0.25) is 0 Å². The molecule has 2 aromatic rings. The third-order valence-electron chi connectivity index (χ3n) is 5.73. The summed E-state index contributed by atoms with van der Waals surface area (Å²) in [6.45, 7) is 12.6. The SMILES string of the molecule is C=N/C(NC(=O)OC(C)(C)C)=C(C)\C=C(/C)NC(=O)C(=O)N1CCCC[C@H]1c1cccc2[nH]ncc12. The van der Waals surface area contributed by atoms with E-state index in [2.05, 4.69) is 32.5 Å². The Kier molecular flexibility index (Phi) is 8.29. The lowest BCUT2D eigenvalue weighted by Crippen LogP contribution is -2.46. The number of hydrogen-bond donors (Lipinski definition) is 3. The maximum absolute atomic E-state index is 13.2. The Hall–Kier alpha value is -3.95. The monoisotopic (exact) mass is 494 g/mol. The number of nitrogens with zero attached hydrogens (tertiary/aromatic N) is 3. The number of amides is 3. The summed E-state index contributed by atoms with van der Waals surface area (Å²) >= 11 is 0. The number of carbonyl (C=O) groups excluding carboxylic acids is 3. The van der Waals surface area contributed by atoms with E-state index in [1.165, 1.54) is 0 Å². The number of allylic oxidation sites excluding steroid dienone is 3. The summed E-state index contributed by atoms with van der Waals surface area (Å²) in [7, 11) is 0. The number of aromatic nitrogens is 2. The molecule has 10 nitrogen and oxygen atoms in total. The Morgan fingerprint density at radius 1 is 1.22 bits per heavy atom. The lowest BCUT2D eigenvalue weighted by molar-refractivity contribution is -0.148. The minimum absolute atomic E-state index is 0.188. The van der Waals surface area contributed by atoms with Gasteiger partial charge in [-0.05, 0) is 83.9 Å². The summed E-state index contributed by atoms with van der Waals surface area (Å²) in [6.07, 6.45) is 5.25. The highest BCUT2D eigenvalue weighted by atomic mass is 16.6. The van der Waals surface area contributed by atoms with E-state index >= 15 is 0 Å². The molecule has 1 saturated heterocycles. The molecule has 1 aliphatic rings. The molecule has 1 aliphatic heterocycles.